The molecule has 1 heterocycles. The molecular weight excluding hydrogens is 583 g/mol. The topological polar surface area (TPSA) is 16.4 Å². The van der Waals surface area contributed by atoms with Gasteiger partial charge in [0.2, 0.25) is 0 Å². The van der Waals surface area contributed by atoms with Crippen LogP contribution in [0.2, 0.25) is 0 Å². The van der Waals surface area contributed by atoms with E-state index < -0.39 is 218 Å². The van der Waals surface area contributed by atoms with Crippen molar-refractivity contribution >= 4 is 49.8 Å². The standard InChI is InChI=1S/C46H31NO/c1-4-13-32(14-5-1)34-23-27-37(28-24-34)47(38-29-25-35(26-30-38)33-15-6-2-7-16-33)43-21-12-22-44-45(43)42-31-41(36-17-8-3-9-18-36)39-19-10-11-20-40(39)46(42)48-44/h1-31H/i1D,2D,4D,5D,6D,7D,10D,11D,12D,13D,14D,15D,16D,19D,20D,21D,22D,23D,24D,25D,26D,27D,28D,29D,30D,31D. The third kappa shape index (κ3) is 4.83. The summed E-state index contributed by atoms with van der Waals surface area (Å²) in [6.07, 6.45) is 0. The molecule has 2 heteroatoms. The number of hydrogen-bond donors (Lipinski definition) is 0. The molecule has 0 N–H and O–H groups in total. The number of rotatable bonds is 6. The van der Waals surface area contributed by atoms with E-state index in [-0.39, 0.29) is 21.9 Å². The van der Waals surface area contributed by atoms with Crippen LogP contribution in [-0.2, 0) is 0 Å². The summed E-state index contributed by atoms with van der Waals surface area (Å²) in [5.74, 6) is 0. The van der Waals surface area contributed by atoms with Gasteiger partial charge in [-0.05, 0) is 81.1 Å². The lowest BCUT2D eigenvalue weighted by molar-refractivity contribution is 0.672. The summed E-state index contributed by atoms with van der Waals surface area (Å²) in [6.45, 7) is 0. The van der Waals surface area contributed by atoms with E-state index in [1.807, 2.05) is 0 Å². The molecule has 0 aliphatic carbocycles. The normalized spacial score (nSPS) is 18.9. The maximum Gasteiger partial charge on any atom is 0.143 e. The fourth-order valence-electron chi connectivity index (χ4n) is 5.27. The summed E-state index contributed by atoms with van der Waals surface area (Å²) in [4.78, 5) is 0.502. The Morgan fingerprint density at radius 1 is 0.438 bits per heavy atom. The molecule has 226 valence electrons. The second-order valence-corrected chi connectivity index (χ2v) is 10.1. The minimum atomic E-state index is -1.18. The number of benzene rings is 8. The van der Waals surface area contributed by atoms with Crippen molar-refractivity contribution in [2.45, 2.75) is 0 Å². The molecule has 9 aromatic rings. The zero-order chi connectivity index (χ0) is 54.5. The molecule has 9 rings (SSSR count). The first-order valence-corrected chi connectivity index (χ1v) is 14.2. The number of hydrogen-bond acceptors (Lipinski definition) is 2. The van der Waals surface area contributed by atoms with Gasteiger partial charge >= 0.3 is 0 Å². The highest BCUT2D eigenvalue weighted by Crippen LogP contribution is 2.46. The molecule has 0 saturated carbocycles. The number of nitrogens with zero attached hydrogens (tertiary/aromatic N) is 1. The molecule has 0 aliphatic rings. The number of anilines is 3. The van der Waals surface area contributed by atoms with Crippen molar-refractivity contribution in [3.63, 3.8) is 0 Å². The van der Waals surface area contributed by atoms with Crippen LogP contribution in [0, 0.1) is 0 Å². The first-order chi connectivity index (χ1) is 34.6. The predicted molar refractivity (Wildman–Crippen MR) is 202 cm³/mol. The Morgan fingerprint density at radius 3 is 1.58 bits per heavy atom. The van der Waals surface area contributed by atoms with Gasteiger partial charge in [-0.25, -0.2) is 0 Å². The lowest BCUT2D eigenvalue weighted by Crippen LogP contribution is -2.10. The quantitative estimate of drug-likeness (QED) is 0.180. The van der Waals surface area contributed by atoms with Gasteiger partial charge in [-0.2, -0.15) is 0 Å². The van der Waals surface area contributed by atoms with Crippen LogP contribution in [0.4, 0.5) is 17.1 Å². The van der Waals surface area contributed by atoms with Crippen molar-refractivity contribution in [2.24, 2.45) is 0 Å². The highest BCUT2D eigenvalue weighted by molar-refractivity contribution is 6.22. The van der Waals surface area contributed by atoms with Crippen LogP contribution in [0.1, 0.15) is 35.6 Å². The molecular formula is C46H31NO. The Kier molecular flexibility index (Phi) is 2.94. The second kappa shape index (κ2) is 11.8. The molecule has 1 aromatic heterocycles. The largest absolute Gasteiger partial charge is 0.455 e. The van der Waals surface area contributed by atoms with Gasteiger partial charge in [0.1, 0.15) is 11.2 Å². The molecule has 48 heavy (non-hydrogen) atoms. The van der Waals surface area contributed by atoms with E-state index in [9.17, 15) is 13.7 Å². The average molecular weight is 640 g/mol. The summed E-state index contributed by atoms with van der Waals surface area (Å²) in [6, 6.07) is -16.8. The fourth-order valence-corrected chi connectivity index (χ4v) is 5.27. The van der Waals surface area contributed by atoms with E-state index in [0.29, 0.717) is 4.90 Å². The first kappa shape index (κ1) is 12.0. The predicted octanol–water partition coefficient (Wildman–Crippen LogP) is 13.2. The van der Waals surface area contributed by atoms with Crippen LogP contribution >= 0.6 is 0 Å². The fraction of sp³-hybridized carbons (Fsp3) is 0. The minimum absolute atomic E-state index is 0.146. The van der Waals surface area contributed by atoms with E-state index in [1.165, 1.54) is 12.1 Å². The average Bonchev–Trinajstić information content (AvgIpc) is 3.78. The Bertz CT molecular complexity index is 3790. The monoisotopic (exact) mass is 639 g/mol. The molecule has 2 nitrogen and oxygen atoms in total. The lowest BCUT2D eigenvalue weighted by atomic mass is 9.95. The number of furan rings is 1. The first-order valence-electron chi connectivity index (χ1n) is 27.2. The Balaban J connectivity index is 1.56. The number of fused-ring (bicyclic) bond motifs is 5. The van der Waals surface area contributed by atoms with E-state index in [0.717, 1.165) is 0 Å². The van der Waals surface area contributed by atoms with Crippen LogP contribution in [0.3, 0.4) is 0 Å². The van der Waals surface area contributed by atoms with Crippen LogP contribution in [0.15, 0.2) is 192 Å². The summed E-state index contributed by atoms with van der Waals surface area (Å²) >= 11 is 0. The van der Waals surface area contributed by atoms with Crippen molar-refractivity contribution in [1.29, 1.82) is 0 Å². The summed E-state index contributed by atoms with van der Waals surface area (Å²) < 4.78 is 239. The molecule has 0 bridgehead atoms. The molecule has 8 aromatic carbocycles. The van der Waals surface area contributed by atoms with Gasteiger partial charge in [0.15, 0.2) is 0 Å². The van der Waals surface area contributed by atoms with E-state index in [2.05, 4.69) is 0 Å². The summed E-state index contributed by atoms with van der Waals surface area (Å²) in [7, 11) is 0. The van der Waals surface area contributed by atoms with Crippen LogP contribution in [0.25, 0.3) is 66.1 Å². The van der Waals surface area contributed by atoms with Crippen LogP contribution < -0.4 is 4.90 Å². The van der Waals surface area contributed by atoms with Crippen molar-refractivity contribution in [3.05, 3.63) is 187 Å². The lowest BCUT2D eigenvalue weighted by Gasteiger charge is -2.26. The van der Waals surface area contributed by atoms with Crippen LogP contribution in [-0.4, -0.2) is 0 Å². The molecule has 0 unspecified atom stereocenters. The molecule has 0 saturated heterocycles. The molecule has 0 amide bonds. The van der Waals surface area contributed by atoms with Crippen molar-refractivity contribution in [1.82, 2.24) is 0 Å². The summed E-state index contributed by atoms with van der Waals surface area (Å²) in [5.41, 5.74) is -7.36. The Labute approximate surface area is 316 Å². The van der Waals surface area contributed by atoms with Gasteiger partial charge in [-0.3, -0.25) is 0 Å². The van der Waals surface area contributed by atoms with E-state index >= 15 is 0 Å². The van der Waals surface area contributed by atoms with Gasteiger partial charge in [0.05, 0.1) is 46.7 Å². The van der Waals surface area contributed by atoms with Crippen molar-refractivity contribution < 1.29 is 40.1 Å². The van der Waals surface area contributed by atoms with Gasteiger partial charge in [0.25, 0.3) is 0 Å². The molecule has 0 radical (unpaired) electrons. The third-order valence-corrected chi connectivity index (χ3v) is 7.37. The zero-order valence-electron chi connectivity index (χ0n) is 50.2. The molecule has 0 aliphatic heterocycles. The highest BCUT2D eigenvalue weighted by atomic mass is 16.3. The van der Waals surface area contributed by atoms with E-state index in [4.69, 9.17) is 26.3 Å². The van der Waals surface area contributed by atoms with Gasteiger partial charge in [-0.15, -0.1) is 0 Å². The Hall–Kier alpha value is -6.38. The maximum atomic E-state index is 9.89. The SMILES string of the molecule is [2H]c1c([2H])c([2H])c(-c2c([2H])c([2H])c(N(c3c([2H])c([2H])c(-c4c([2H])c([2H])c([2H])c([2H])c4[2H])c([2H])c3[2H])c3c([2H])c([2H])c([2H])c4oc5c6c([2H])c([2H])c([2H])c([2H])c6c(-c6ccccc6)c([2H])c5c34)c([2H])c2[2H])c([2H])c1[2H]. The minimum Gasteiger partial charge on any atom is -0.455 e. The van der Waals surface area contributed by atoms with Crippen molar-refractivity contribution in [2.75, 3.05) is 4.90 Å². The Morgan fingerprint density at radius 2 is 0.979 bits per heavy atom. The second-order valence-electron chi connectivity index (χ2n) is 10.1. The summed E-state index contributed by atoms with van der Waals surface area (Å²) in [5, 5.41) is -1.62. The zero-order valence-corrected chi connectivity index (χ0v) is 24.2. The van der Waals surface area contributed by atoms with Gasteiger partial charge < -0.3 is 9.32 Å². The van der Waals surface area contributed by atoms with Gasteiger partial charge in [0, 0.05) is 22.1 Å². The highest BCUT2D eigenvalue weighted by Gasteiger charge is 2.22. The molecule has 0 fully saturated rings. The van der Waals surface area contributed by atoms with E-state index in [1.54, 1.807) is 18.2 Å². The molecule has 0 spiro atoms. The molecule has 0 atom stereocenters. The van der Waals surface area contributed by atoms with Crippen molar-refractivity contribution in [3.8, 4) is 33.4 Å². The third-order valence-electron chi connectivity index (χ3n) is 7.37. The van der Waals surface area contributed by atoms with Crippen LogP contribution in [0.5, 0.6) is 0 Å². The van der Waals surface area contributed by atoms with Gasteiger partial charge in [-0.1, -0.05) is 145 Å². The maximum absolute atomic E-state index is 9.89. The smallest absolute Gasteiger partial charge is 0.143 e.